The zero-order valence-electron chi connectivity index (χ0n) is 19.7. The van der Waals surface area contributed by atoms with Crippen LogP contribution < -0.4 is 4.74 Å². The van der Waals surface area contributed by atoms with Gasteiger partial charge in [0.05, 0.1) is 24.7 Å². The molecule has 7 nitrogen and oxygen atoms in total. The number of aromatic nitrogens is 2. The van der Waals surface area contributed by atoms with Crippen molar-refractivity contribution in [2.24, 2.45) is 5.92 Å². The van der Waals surface area contributed by atoms with E-state index >= 15 is 0 Å². The number of carbonyl (C=O) groups is 1. The van der Waals surface area contributed by atoms with Gasteiger partial charge in [0.25, 0.3) is 0 Å². The third-order valence-electron chi connectivity index (χ3n) is 7.42. The van der Waals surface area contributed by atoms with Crippen LogP contribution in [0.2, 0.25) is 0 Å². The molecule has 33 heavy (non-hydrogen) atoms. The molecule has 178 valence electrons. The number of cyclic esters (lactones) is 1. The molecule has 2 aliphatic rings. The summed E-state index contributed by atoms with van der Waals surface area (Å²) in [5.41, 5.74) is 3.01. The number of nitrogens with one attached hydrogen (secondary N) is 1. The highest BCUT2D eigenvalue weighted by Crippen LogP contribution is 2.46. The van der Waals surface area contributed by atoms with Crippen LogP contribution in [0.25, 0.3) is 0 Å². The van der Waals surface area contributed by atoms with E-state index in [2.05, 4.69) is 9.97 Å². The van der Waals surface area contributed by atoms with Crippen LogP contribution in [-0.4, -0.2) is 38.9 Å². The Balaban J connectivity index is 1.62. The van der Waals surface area contributed by atoms with Gasteiger partial charge in [-0.15, -0.1) is 0 Å². The molecule has 2 heterocycles. The Morgan fingerprint density at radius 3 is 2.61 bits per heavy atom. The average Bonchev–Trinajstić information content (AvgIpc) is 3.47. The molecular formula is C26H34N2O5. The number of rotatable bonds is 8. The van der Waals surface area contributed by atoms with E-state index in [1.165, 1.54) is 0 Å². The Morgan fingerprint density at radius 2 is 2.00 bits per heavy atom. The number of aryl methyl sites for hydroxylation is 3. The van der Waals surface area contributed by atoms with E-state index in [-0.39, 0.29) is 23.8 Å². The second-order valence-corrected chi connectivity index (χ2v) is 9.34. The van der Waals surface area contributed by atoms with E-state index in [0.29, 0.717) is 37.0 Å². The minimum Gasteiger partial charge on any atom is -0.512 e. The first-order chi connectivity index (χ1) is 15.9. The first-order valence-corrected chi connectivity index (χ1v) is 11.9. The van der Waals surface area contributed by atoms with Gasteiger partial charge in [-0.3, -0.25) is 0 Å². The molecule has 1 aliphatic heterocycles. The molecule has 1 aliphatic carbocycles. The second-order valence-electron chi connectivity index (χ2n) is 9.34. The summed E-state index contributed by atoms with van der Waals surface area (Å²) in [6.07, 6.45) is 8.29. The van der Waals surface area contributed by atoms with Crippen molar-refractivity contribution < 1.29 is 24.5 Å². The van der Waals surface area contributed by atoms with Gasteiger partial charge in [0, 0.05) is 24.6 Å². The summed E-state index contributed by atoms with van der Waals surface area (Å²) in [6.45, 7) is 3.90. The Labute approximate surface area is 194 Å². The van der Waals surface area contributed by atoms with Crippen molar-refractivity contribution in [1.82, 2.24) is 9.97 Å². The molecule has 1 unspecified atom stereocenters. The summed E-state index contributed by atoms with van der Waals surface area (Å²) >= 11 is 0. The van der Waals surface area contributed by atoms with E-state index in [0.717, 1.165) is 48.2 Å². The number of aromatic amines is 1. The number of aromatic hydroxyl groups is 1. The number of benzene rings is 1. The standard InChI is InChI=1S/C26H34N2O5/c1-4-17-11-18(24(32-3)13-22(17)29)9-10-26(19-7-5-6-8-19)14-23(30)20(25(31)33-26)12-21-16(2)27-15-28-21/h11,13,15,19,29-30H,4-10,12,14H2,1-3H3,(H,27,28). The lowest BCUT2D eigenvalue weighted by Crippen LogP contribution is -2.46. The maximum Gasteiger partial charge on any atom is 0.338 e. The third-order valence-corrected chi connectivity index (χ3v) is 7.42. The minimum atomic E-state index is -0.739. The molecule has 0 amide bonds. The number of ether oxygens (including phenoxy) is 2. The van der Waals surface area contributed by atoms with Crippen molar-refractivity contribution in [3.63, 3.8) is 0 Å². The van der Waals surface area contributed by atoms with E-state index in [1.807, 2.05) is 19.9 Å². The molecule has 1 fully saturated rings. The van der Waals surface area contributed by atoms with Gasteiger partial charge in [0.15, 0.2) is 0 Å². The van der Waals surface area contributed by atoms with Gasteiger partial charge in [-0.2, -0.15) is 0 Å². The SMILES string of the molecule is CCc1cc(CCC2(C3CCCC3)CC(O)=C(Cc3nc[nH]c3C)C(=O)O2)c(OC)cc1O. The van der Waals surface area contributed by atoms with E-state index in [4.69, 9.17) is 9.47 Å². The average molecular weight is 455 g/mol. The summed E-state index contributed by atoms with van der Waals surface area (Å²) in [6, 6.07) is 3.63. The lowest BCUT2D eigenvalue weighted by Gasteiger charge is -2.42. The number of imidazole rings is 1. The minimum absolute atomic E-state index is 0.118. The zero-order valence-corrected chi connectivity index (χ0v) is 19.7. The predicted octanol–water partition coefficient (Wildman–Crippen LogP) is 4.86. The number of H-pyrrole nitrogens is 1. The number of phenolic OH excluding ortho intramolecular Hbond substituents is 1. The largest absolute Gasteiger partial charge is 0.512 e. The summed E-state index contributed by atoms with van der Waals surface area (Å²) in [5, 5.41) is 21.2. The molecule has 2 aromatic rings. The fourth-order valence-electron chi connectivity index (χ4n) is 5.40. The number of methoxy groups -OCH3 is 1. The Bertz CT molecular complexity index is 1050. The zero-order chi connectivity index (χ0) is 23.6. The van der Waals surface area contributed by atoms with Crippen molar-refractivity contribution >= 4 is 5.97 Å². The molecule has 1 aromatic heterocycles. The number of hydrogen-bond acceptors (Lipinski definition) is 6. The molecule has 1 atom stereocenters. The van der Waals surface area contributed by atoms with Gasteiger partial charge in [0.1, 0.15) is 22.9 Å². The van der Waals surface area contributed by atoms with Crippen LogP contribution in [0.15, 0.2) is 29.8 Å². The van der Waals surface area contributed by atoms with E-state index in [1.54, 1.807) is 19.5 Å². The fraction of sp³-hybridized carbons (Fsp3) is 0.538. The lowest BCUT2D eigenvalue weighted by atomic mass is 9.76. The molecule has 0 spiro atoms. The van der Waals surface area contributed by atoms with Gasteiger partial charge < -0.3 is 24.7 Å². The van der Waals surface area contributed by atoms with Crippen molar-refractivity contribution in [3.05, 3.63) is 52.3 Å². The van der Waals surface area contributed by atoms with Gasteiger partial charge in [0.2, 0.25) is 0 Å². The lowest BCUT2D eigenvalue weighted by molar-refractivity contribution is -0.167. The summed E-state index contributed by atoms with van der Waals surface area (Å²) < 4.78 is 11.7. The van der Waals surface area contributed by atoms with Crippen molar-refractivity contribution in [2.45, 2.75) is 77.2 Å². The van der Waals surface area contributed by atoms with E-state index < -0.39 is 11.6 Å². The molecule has 0 bridgehead atoms. The monoisotopic (exact) mass is 454 g/mol. The normalized spacial score (nSPS) is 21.5. The number of phenols is 1. The quantitative estimate of drug-likeness (QED) is 0.492. The fourth-order valence-corrected chi connectivity index (χ4v) is 5.40. The highest BCUT2D eigenvalue weighted by Gasteiger charge is 2.48. The van der Waals surface area contributed by atoms with Crippen LogP contribution >= 0.6 is 0 Å². The molecule has 1 saturated carbocycles. The van der Waals surface area contributed by atoms with Gasteiger partial charge in [-0.1, -0.05) is 19.8 Å². The number of esters is 1. The van der Waals surface area contributed by atoms with E-state index in [9.17, 15) is 15.0 Å². The van der Waals surface area contributed by atoms with Gasteiger partial charge in [-0.25, -0.2) is 9.78 Å². The van der Waals surface area contributed by atoms with Crippen LogP contribution in [0.5, 0.6) is 11.5 Å². The smallest absolute Gasteiger partial charge is 0.338 e. The molecule has 3 N–H and O–H groups in total. The highest BCUT2D eigenvalue weighted by molar-refractivity contribution is 5.90. The summed E-state index contributed by atoms with van der Waals surface area (Å²) in [4.78, 5) is 20.4. The maximum absolute atomic E-state index is 13.2. The van der Waals surface area contributed by atoms with Crippen molar-refractivity contribution in [2.75, 3.05) is 7.11 Å². The molecule has 0 saturated heterocycles. The van der Waals surface area contributed by atoms with Crippen LogP contribution in [-0.2, 0) is 28.8 Å². The van der Waals surface area contributed by atoms with Crippen LogP contribution in [0, 0.1) is 12.8 Å². The predicted molar refractivity (Wildman–Crippen MR) is 124 cm³/mol. The summed E-state index contributed by atoms with van der Waals surface area (Å²) in [7, 11) is 1.59. The van der Waals surface area contributed by atoms with Crippen LogP contribution in [0.1, 0.15) is 68.0 Å². The first-order valence-electron chi connectivity index (χ1n) is 11.9. The summed E-state index contributed by atoms with van der Waals surface area (Å²) in [5.74, 6) is 0.743. The van der Waals surface area contributed by atoms with Crippen molar-refractivity contribution in [1.29, 1.82) is 0 Å². The molecular weight excluding hydrogens is 420 g/mol. The number of nitrogens with zero attached hydrogens (tertiary/aromatic N) is 1. The molecule has 0 radical (unpaired) electrons. The molecule has 7 heteroatoms. The number of aliphatic hydroxyl groups is 1. The Kier molecular flexibility index (Phi) is 6.68. The topological polar surface area (TPSA) is 105 Å². The second kappa shape index (κ2) is 9.49. The number of aliphatic hydroxyl groups excluding tert-OH is 1. The Morgan fingerprint density at radius 1 is 1.24 bits per heavy atom. The molecule has 4 rings (SSSR count). The number of hydrogen-bond donors (Lipinski definition) is 3. The maximum atomic E-state index is 13.2. The van der Waals surface area contributed by atoms with Crippen molar-refractivity contribution in [3.8, 4) is 11.5 Å². The van der Waals surface area contributed by atoms with Crippen LogP contribution in [0.4, 0.5) is 0 Å². The third kappa shape index (κ3) is 4.59. The Hall–Kier alpha value is -2.96. The van der Waals surface area contributed by atoms with Crippen LogP contribution in [0.3, 0.4) is 0 Å². The molecule has 1 aromatic carbocycles. The van der Waals surface area contributed by atoms with Gasteiger partial charge >= 0.3 is 5.97 Å². The highest BCUT2D eigenvalue weighted by atomic mass is 16.6. The number of carbonyl (C=O) groups excluding carboxylic acids is 1. The van der Waals surface area contributed by atoms with Gasteiger partial charge in [-0.05, 0) is 62.1 Å². The first kappa shape index (κ1) is 23.2.